The normalized spacial score (nSPS) is 21.5. The minimum atomic E-state index is 0.152. The minimum absolute atomic E-state index is 0.152. The lowest BCUT2D eigenvalue weighted by Crippen LogP contribution is -2.50. The third-order valence-corrected chi connectivity index (χ3v) is 5.11. The van der Waals surface area contributed by atoms with E-state index in [1.54, 1.807) is 0 Å². The number of thiazole rings is 1. The first-order chi connectivity index (χ1) is 9.26. The molecule has 0 aliphatic carbocycles. The number of piperazine rings is 1. The van der Waals surface area contributed by atoms with Gasteiger partial charge in [0.15, 0.2) is 5.13 Å². The Bertz CT molecular complexity index is 449. The third-order valence-electron chi connectivity index (χ3n) is 3.89. The van der Waals surface area contributed by atoms with E-state index in [0.717, 1.165) is 26.2 Å². The van der Waals surface area contributed by atoms with E-state index < -0.39 is 0 Å². The van der Waals surface area contributed by atoms with Gasteiger partial charge >= 0.3 is 0 Å². The van der Waals surface area contributed by atoms with Gasteiger partial charge in [0.2, 0.25) is 0 Å². The lowest BCUT2D eigenvalue weighted by Gasteiger charge is -2.37. The first kappa shape index (κ1) is 15.7. The summed E-state index contributed by atoms with van der Waals surface area (Å²) in [7, 11) is 2.20. The summed E-state index contributed by atoms with van der Waals surface area (Å²) in [5, 5.41) is 4.74. The van der Waals surface area contributed by atoms with Gasteiger partial charge in [0.25, 0.3) is 0 Å². The summed E-state index contributed by atoms with van der Waals surface area (Å²) in [5.74, 6) is 0. The molecule has 5 heteroatoms. The van der Waals surface area contributed by atoms with Gasteiger partial charge in [-0.2, -0.15) is 0 Å². The number of hydrogen-bond donors (Lipinski definition) is 1. The number of hydrogen-bond acceptors (Lipinski definition) is 5. The maximum atomic E-state index is 4.78. The van der Waals surface area contributed by atoms with Crippen molar-refractivity contribution >= 4 is 16.5 Å². The van der Waals surface area contributed by atoms with Crippen molar-refractivity contribution in [2.75, 3.05) is 31.6 Å². The summed E-state index contributed by atoms with van der Waals surface area (Å²) in [6.45, 7) is 15.2. The molecule has 114 valence electrons. The minimum Gasteiger partial charge on any atom is -0.345 e. The Hall–Kier alpha value is -0.650. The van der Waals surface area contributed by atoms with E-state index in [4.69, 9.17) is 4.98 Å². The highest BCUT2D eigenvalue weighted by Crippen LogP contribution is 2.28. The molecule has 0 saturated carbocycles. The summed E-state index contributed by atoms with van der Waals surface area (Å²) in [6.07, 6.45) is 0. The lowest BCUT2D eigenvalue weighted by atomic mass is 10.1. The van der Waals surface area contributed by atoms with Crippen molar-refractivity contribution in [3.05, 3.63) is 10.6 Å². The topological polar surface area (TPSA) is 31.4 Å². The summed E-state index contributed by atoms with van der Waals surface area (Å²) >= 11 is 1.84. The molecule has 0 amide bonds. The van der Waals surface area contributed by atoms with Gasteiger partial charge in [0, 0.05) is 42.6 Å². The molecule has 1 aromatic rings. The van der Waals surface area contributed by atoms with E-state index >= 15 is 0 Å². The second-order valence-electron chi connectivity index (χ2n) is 6.88. The maximum absolute atomic E-state index is 4.78. The molecule has 1 aliphatic rings. The molecule has 2 rings (SSSR count). The molecule has 1 fully saturated rings. The van der Waals surface area contributed by atoms with Gasteiger partial charge in [-0.05, 0) is 41.7 Å². The standard InChI is InChI=1S/C15H28N4S/c1-11-10-19(8-7-18(11)6)14-17-12(2)13(20-14)9-16-15(3,4)5/h11,16H,7-10H2,1-6H3. The largest absolute Gasteiger partial charge is 0.345 e. The molecule has 0 spiro atoms. The quantitative estimate of drug-likeness (QED) is 0.928. The van der Waals surface area contributed by atoms with Crippen LogP contribution in [-0.2, 0) is 6.54 Å². The number of nitrogens with zero attached hydrogens (tertiary/aromatic N) is 3. The molecule has 2 heterocycles. The van der Waals surface area contributed by atoms with Crippen molar-refractivity contribution in [2.24, 2.45) is 0 Å². The van der Waals surface area contributed by atoms with E-state index in [0.29, 0.717) is 6.04 Å². The van der Waals surface area contributed by atoms with Crippen molar-refractivity contribution in [3.63, 3.8) is 0 Å². The van der Waals surface area contributed by atoms with Crippen LogP contribution in [0.15, 0.2) is 0 Å². The van der Waals surface area contributed by atoms with Crippen molar-refractivity contribution in [1.29, 1.82) is 0 Å². The van der Waals surface area contributed by atoms with Crippen molar-refractivity contribution in [1.82, 2.24) is 15.2 Å². The molecule has 0 bridgehead atoms. The van der Waals surface area contributed by atoms with Crippen LogP contribution in [0.5, 0.6) is 0 Å². The fourth-order valence-corrected chi connectivity index (χ4v) is 3.32. The van der Waals surface area contributed by atoms with E-state index in [9.17, 15) is 0 Å². The van der Waals surface area contributed by atoms with Crippen LogP contribution >= 0.6 is 11.3 Å². The first-order valence-electron chi connectivity index (χ1n) is 7.43. The molecular weight excluding hydrogens is 268 g/mol. The van der Waals surface area contributed by atoms with Gasteiger partial charge in [0.1, 0.15) is 0 Å². The van der Waals surface area contributed by atoms with Crippen LogP contribution in [0.2, 0.25) is 0 Å². The zero-order valence-electron chi connectivity index (χ0n) is 13.7. The molecule has 20 heavy (non-hydrogen) atoms. The van der Waals surface area contributed by atoms with Crippen LogP contribution in [0.1, 0.15) is 38.3 Å². The Morgan fingerprint density at radius 2 is 2.05 bits per heavy atom. The summed E-state index contributed by atoms with van der Waals surface area (Å²) in [4.78, 5) is 11.0. The van der Waals surface area contributed by atoms with Crippen LogP contribution < -0.4 is 10.2 Å². The second-order valence-corrected chi connectivity index (χ2v) is 7.95. The number of nitrogens with one attached hydrogen (secondary N) is 1. The van der Waals surface area contributed by atoms with Gasteiger partial charge in [0.05, 0.1) is 5.69 Å². The second kappa shape index (κ2) is 6.00. The Balaban J connectivity index is 2.03. The molecule has 0 aromatic carbocycles. The summed E-state index contributed by atoms with van der Waals surface area (Å²) < 4.78 is 0. The highest BCUT2D eigenvalue weighted by atomic mass is 32.1. The molecule has 1 saturated heterocycles. The van der Waals surface area contributed by atoms with Crippen LogP contribution in [-0.4, -0.2) is 48.1 Å². The number of likely N-dealkylation sites (N-methyl/N-ethyl adjacent to an activating group) is 1. The van der Waals surface area contributed by atoms with E-state index in [1.807, 2.05) is 11.3 Å². The Morgan fingerprint density at radius 3 is 2.65 bits per heavy atom. The van der Waals surface area contributed by atoms with E-state index in [2.05, 4.69) is 56.8 Å². The lowest BCUT2D eigenvalue weighted by molar-refractivity contribution is 0.234. The molecule has 1 N–H and O–H groups in total. The zero-order chi connectivity index (χ0) is 14.9. The predicted molar refractivity (Wildman–Crippen MR) is 87.7 cm³/mol. The number of aromatic nitrogens is 1. The van der Waals surface area contributed by atoms with Crippen molar-refractivity contribution < 1.29 is 0 Å². The van der Waals surface area contributed by atoms with Crippen LogP contribution in [0.25, 0.3) is 0 Å². The van der Waals surface area contributed by atoms with Gasteiger partial charge in [-0.15, -0.1) is 11.3 Å². The number of rotatable bonds is 3. The number of anilines is 1. The van der Waals surface area contributed by atoms with Gasteiger partial charge in [-0.3, -0.25) is 0 Å². The average molecular weight is 296 g/mol. The van der Waals surface area contributed by atoms with Crippen LogP contribution in [0, 0.1) is 6.92 Å². The van der Waals surface area contributed by atoms with Gasteiger partial charge in [-0.1, -0.05) is 0 Å². The SMILES string of the molecule is Cc1nc(N2CCN(C)C(C)C2)sc1CNC(C)(C)C. The third kappa shape index (κ3) is 3.93. The van der Waals surface area contributed by atoms with E-state index in [1.165, 1.54) is 15.7 Å². The van der Waals surface area contributed by atoms with Crippen molar-refractivity contribution in [3.8, 4) is 0 Å². The molecule has 1 unspecified atom stereocenters. The Morgan fingerprint density at radius 1 is 1.35 bits per heavy atom. The monoisotopic (exact) mass is 296 g/mol. The highest BCUT2D eigenvalue weighted by Gasteiger charge is 2.23. The maximum Gasteiger partial charge on any atom is 0.185 e. The summed E-state index contributed by atoms with van der Waals surface area (Å²) in [5.41, 5.74) is 1.33. The molecule has 1 atom stereocenters. The van der Waals surface area contributed by atoms with Crippen LogP contribution in [0.4, 0.5) is 5.13 Å². The zero-order valence-corrected chi connectivity index (χ0v) is 14.5. The smallest absolute Gasteiger partial charge is 0.185 e. The molecule has 1 aromatic heterocycles. The average Bonchev–Trinajstić information content (AvgIpc) is 2.71. The van der Waals surface area contributed by atoms with Crippen molar-refractivity contribution in [2.45, 2.75) is 52.7 Å². The van der Waals surface area contributed by atoms with Crippen LogP contribution in [0.3, 0.4) is 0 Å². The summed E-state index contributed by atoms with van der Waals surface area (Å²) in [6, 6.07) is 0.601. The molecular formula is C15H28N4S. The fourth-order valence-electron chi connectivity index (χ4n) is 2.28. The van der Waals surface area contributed by atoms with E-state index in [-0.39, 0.29) is 5.54 Å². The predicted octanol–water partition coefficient (Wildman–Crippen LogP) is 2.48. The number of aryl methyl sites for hydroxylation is 1. The highest BCUT2D eigenvalue weighted by molar-refractivity contribution is 7.15. The first-order valence-corrected chi connectivity index (χ1v) is 8.24. The Kier molecular flexibility index (Phi) is 4.72. The van der Waals surface area contributed by atoms with Gasteiger partial charge in [-0.25, -0.2) is 4.98 Å². The fraction of sp³-hybridized carbons (Fsp3) is 0.800. The molecule has 0 radical (unpaired) electrons. The molecule has 4 nitrogen and oxygen atoms in total. The van der Waals surface area contributed by atoms with Gasteiger partial charge < -0.3 is 15.1 Å². The Labute approximate surface area is 127 Å². The molecule has 1 aliphatic heterocycles.